The van der Waals surface area contributed by atoms with Crippen molar-refractivity contribution < 1.29 is 19.8 Å². The molecule has 88 valence electrons. The summed E-state index contributed by atoms with van der Waals surface area (Å²) in [4.78, 5) is 23.0. The second-order valence-electron chi connectivity index (χ2n) is 3.75. The number of rotatable bonds is 8. The fourth-order valence-electron chi connectivity index (χ4n) is 1.34. The van der Waals surface area contributed by atoms with Crippen molar-refractivity contribution in [2.75, 3.05) is 20.1 Å². The molecule has 0 heterocycles. The van der Waals surface area contributed by atoms with Crippen LogP contribution in [0.3, 0.4) is 0 Å². The van der Waals surface area contributed by atoms with Gasteiger partial charge in [-0.2, -0.15) is 0 Å². The quantitative estimate of drug-likeness (QED) is 0.631. The van der Waals surface area contributed by atoms with Crippen molar-refractivity contribution >= 4 is 11.9 Å². The van der Waals surface area contributed by atoms with Crippen LogP contribution in [0.5, 0.6) is 0 Å². The average Bonchev–Trinajstić information content (AvgIpc) is 2.12. The fourth-order valence-corrected chi connectivity index (χ4v) is 1.34. The first-order valence-electron chi connectivity index (χ1n) is 5.10. The van der Waals surface area contributed by atoms with Gasteiger partial charge in [0.25, 0.3) is 0 Å². The van der Waals surface area contributed by atoms with Gasteiger partial charge in [-0.25, -0.2) is 0 Å². The van der Waals surface area contributed by atoms with E-state index in [1.807, 2.05) is 11.9 Å². The van der Waals surface area contributed by atoms with Gasteiger partial charge in [-0.1, -0.05) is 13.3 Å². The van der Waals surface area contributed by atoms with Gasteiger partial charge in [0.2, 0.25) is 0 Å². The summed E-state index contributed by atoms with van der Waals surface area (Å²) in [6.45, 7) is 3.15. The SMILES string of the molecule is CCCCN(C)CC(CC(=O)O)C(=O)O. The number of carbonyl (C=O) groups is 2. The highest BCUT2D eigenvalue weighted by Crippen LogP contribution is 2.06. The molecule has 2 N–H and O–H groups in total. The van der Waals surface area contributed by atoms with Crippen LogP contribution in [-0.4, -0.2) is 47.2 Å². The van der Waals surface area contributed by atoms with E-state index < -0.39 is 17.9 Å². The van der Waals surface area contributed by atoms with Gasteiger partial charge in [-0.05, 0) is 20.0 Å². The molecular weight excluding hydrogens is 198 g/mol. The van der Waals surface area contributed by atoms with E-state index in [-0.39, 0.29) is 6.42 Å². The van der Waals surface area contributed by atoms with Crippen LogP contribution >= 0.6 is 0 Å². The third-order valence-electron chi connectivity index (χ3n) is 2.20. The molecule has 0 saturated carbocycles. The maximum atomic E-state index is 10.8. The molecule has 5 nitrogen and oxygen atoms in total. The minimum absolute atomic E-state index is 0.293. The molecular formula is C10H19NO4. The van der Waals surface area contributed by atoms with Crippen LogP contribution in [0.25, 0.3) is 0 Å². The molecule has 0 amide bonds. The molecule has 0 rings (SSSR count). The number of unbranched alkanes of at least 4 members (excludes halogenated alkanes) is 1. The normalized spacial score (nSPS) is 12.7. The van der Waals surface area contributed by atoms with Crippen molar-refractivity contribution in [2.45, 2.75) is 26.2 Å². The third kappa shape index (κ3) is 6.90. The summed E-state index contributed by atoms with van der Waals surface area (Å²) in [5.74, 6) is -2.92. The predicted molar refractivity (Wildman–Crippen MR) is 55.8 cm³/mol. The Hall–Kier alpha value is -1.10. The van der Waals surface area contributed by atoms with Crippen LogP contribution in [0.4, 0.5) is 0 Å². The molecule has 5 heteroatoms. The minimum Gasteiger partial charge on any atom is -0.481 e. The molecule has 15 heavy (non-hydrogen) atoms. The molecule has 0 radical (unpaired) electrons. The highest BCUT2D eigenvalue weighted by atomic mass is 16.4. The lowest BCUT2D eigenvalue weighted by molar-refractivity contribution is -0.148. The van der Waals surface area contributed by atoms with E-state index >= 15 is 0 Å². The Morgan fingerprint density at radius 2 is 1.93 bits per heavy atom. The van der Waals surface area contributed by atoms with E-state index in [9.17, 15) is 9.59 Å². The predicted octanol–water partition coefficient (Wildman–Crippen LogP) is 0.894. The number of aliphatic carboxylic acids is 2. The van der Waals surface area contributed by atoms with Gasteiger partial charge in [0.15, 0.2) is 0 Å². The molecule has 1 unspecified atom stereocenters. The summed E-state index contributed by atoms with van der Waals surface area (Å²) in [5.41, 5.74) is 0. The van der Waals surface area contributed by atoms with E-state index in [4.69, 9.17) is 10.2 Å². The molecule has 0 aliphatic heterocycles. The maximum absolute atomic E-state index is 10.8. The standard InChI is InChI=1S/C10H19NO4/c1-3-4-5-11(2)7-8(10(14)15)6-9(12)13/h8H,3-7H2,1-2H3,(H,12,13)(H,14,15). The van der Waals surface area contributed by atoms with Gasteiger partial charge in [0.1, 0.15) is 0 Å². The summed E-state index contributed by atoms with van der Waals surface area (Å²) in [7, 11) is 1.81. The topological polar surface area (TPSA) is 77.8 Å². The molecule has 0 fully saturated rings. The Kier molecular flexibility index (Phi) is 6.70. The lowest BCUT2D eigenvalue weighted by atomic mass is 10.1. The van der Waals surface area contributed by atoms with Gasteiger partial charge < -0.3 is 15.1 Å². The molecule has 0 aliphatic carbocycles. The Morgan fingerprint density at radius 1 is 1.33 bits per heavy atom. The smallest absolute Gasteiger partial charge is 0.308 e. The van der Waals surface area contributed by atoms with E-state index in [1.54, 1.807) is 0 Å². The van der Waals surface area contributed by atoms with Gasteiger partial charge in [-0.15, -0.1) is 0 Å². The monoisotopic (exact) mass is 217 g/mol. The van der Waals surface area contributed by atoms with Crippen LogP contribution < -0.4 is 0 Å². The van der Waals surface area contributed by atoms with Gasteiger partial charge >= 0.3 is 11.9 Å². The first-order valence-corrected chi connectivity index (χ1v) is 5.10. The molecule has 0 aromatic rings. The first kappa shape index (κ1) is 13.9. The average molecular weight is 217 g/mol. The molecule has 0 aliphatic rings. The summed E-state index contributed by atoms with van der Waals surface area (Å²) in [5, 5.41) is 17.3. The highest BCUT2D eigenvalue weighted by molar-refractivity contribution is 5.77. The zero-order valence-electron chi connectivity index (χ0n) is 9.27. The second kappa shape index (κ2) is 7.23. The molecule has 0 saturated heterocycles. The summed E-state index contributed by atoms with van der Waals surface area (Å²) in [6.07, 6.45) is 1.72. The number of carboxylic acids is 2. The van der Waals surface area contributed by atoms with Crippen LogP contribution in [-0.2, 0) is 9.59 Å². The summed E-state index contributed by atoms with van der Waals surface area (Å²) < 4.78 is 0. The zero-order chi connectivity index (χ0) is 11.8. The number of hydrogen-bond donors (Lipinski definition) is 2. The van der Waals surface area contributed by atoms with E-state index in [0.717, 1.165) is 19.4 Å². The van der Waals surface area contributed by atoms with Crippen LogP contribution in [0.2, 0.25) is 0 Å². The van der Waals surface area contributed by atoms with Gasteiger partial charge in [-0.3, -0.25) is 9.59 Å². The number of nitrogens with zero attached hydrogens (tertiary/aromatic N) is 1. The van der Waals surface area contributed by atoms with Crippen molar-refractivity contribution in [3.05, 3.63) is 0 Å². The zero-order valence-corrected chi connectivity index (χ0v) is 9.27. The first-order chi connectivity index (χ1) is 6.97. The van der Waals surface area contributed by atoms with Crippen molar-refractivity contribution in [2.24, 2.45) is 5.92 Å². The van der Waals surface area contributed by atoms with Crippen LogP contribution in [0.1, 0.15) is 26.2 Å². The Morgan fingerprint density at radius 3 is 2.33 bits per heavy atom. The largest absolute Gasteiger partial charge is 0.481 e. The molecule has 0 aromatic heterocycles. The van der Waals surface area contributed by atoms with Crippen LogP contribution in [0.15, 0.2) is 0 Å². The fraction of sp³-hybridized carbons (Fsp3) is 0.800. The van der Waals surface area contributed by atoms with Crippen LogP contribution in [0, 0.1) is 5.92 Å². The van der Waals surface area contributed by atoms with Gasteiger partial charge in [0.05, 0.1) is 12.3 Å². The second-order valence-corrected chi connectivity index (χ2v) is 3.75. The van der Waals surface area contributed by atoms with Crippen molar-refractivity contribution in [1.29, 1.82) is 0 Å². The molecule has 1 atom stereocenters. The Labute approximate surface area is 89.7 Å². The summed E-state index contributed by atoms with van der Waals surface area (Å²) >= 11 is 0. The molecule has 0 bridgehead atoms. The highest BCUT2D eigenvalue weighted by Gasteiger charge is 2.22. The van der Waals surface area contributed by atoms with E-state index in [2.05, 4.69) is 6.92 Å². The minimum atomic E-state index is -1.06. The lowest BCUT2D eigenvalue weighted by Crippen LogP contribution is -2.32. The van der Waals surface area contributed by atoms with Crippen molar-refractivity contribution in [3.63, 3.8) is 0 Å². The number of carboxylic acid groups (broad SMARTS) is 2. The molecule has 0 aromatic carbocycles. The van der Waals surface area contributed by atoms with E-state index in [0.29, 0.717) is 6.54 Å². The maximum Gasteiger partial charge on any atom is 0.308 e. The van der Waals surface area contributed by atoms with Gasteiger partial charge in [0, 0.05) is 6.54 Å². The van der Waals surface area contributed by atoms with Crippen molar-refractivity contribution in [3.8, 4) is 0 Å². The molecule has 0 spiro atoms. The third-order valence-corrected chi connectivity index (χ3v) is 2.20. The van der Waals surface area contributed by atoms with Crippen molar-refractivity contribution in [1.82, 2.24) is 4.90 Å². The Bertz CT molecular complexity index is 217. The number of hydrogen-bond acceptors (Lipinski definition) is 3. The van der Waals surface area contributed by atoms with E-state index in [1.165, 1.54) is 0 Å². The lowest BCUT2D eigenvalue weighted by Gasteiger charge is -2.19. The summed E-state index contributed by atoms with van der Waals surface area (Å²) in [6, 6.07) is 0. The Balaban J connectivity index is 4.04.